The van der Waals surface area contributed by atoms with E-state index in [-0.39, 0.29) is 0 Å². The molecule has 2 bridgehead atoms. The molecule has 2 aliphatic heterocycles. The molecule has 0 saturated carbocycles. The van der Waals surface area contributed by atoms with Crippen molar-refractivity contribution < 1.29 is 4.74 Å². The van der Waals surface area contributed by atoms with Gasteiger partial charge in [0.05, 0.1) is 10.0 Å². The normalized spacial score (nSPS) is 31.2. The Bertz CT molecular complexity index is 451. The number of hydrogen-bond acceptors (Lipinski definition) is 2. The molecule has 2 nitrogen and oxygen atoms in total. The van der Waals surface area contributed by atoms with Crippen LogP contribution in [0.15, 0.2) is 18.2 Å². The monoisotopic (exact) mass is 299 g/mol. The van der Waals surface area contributed by atoms with Gasteiger partial charge in [-0.05, 0) is 44.9 Å². The van der Waals surface area contributed by atoms with E-state index in [4.69, 9.17) is 27.9 Å². The molecule has 2 aliphatic rings. The molecule has 0 N–H and O–H groups in total. The number of fused-ring (bicyclic) bond motifs is 2. The molecule has 1 aromatic rings. The third-order valence-electron chi connectivity index (χ3n) is 4.49. The largest absolute Gasteiger partial charge is 0.490 e. The van der Waals surface area contributed by atoms with E-state index in [9.17, 15) is 0 Å². The number of nitrogens with zero attached hydrogens (tertiary/aromatic N) is 1. The second-order valence-electron chi connectivity index (χ2n) is 5.69. The maximum absolute atomic E-state index is 6.11. The standard InChI is InChI=1S/C15H19Cl2NO/c1-18-10-3-2-4-11(18)8-13(7-10)19-12-5-6-14(16)15(17)9-12/h5-6,9-11,13H,2-4,7-8H2,1H3/t10-,11+,13?. The van der Waals surface area contributed by atoms with Crippen molar-refractivity contribution in [2.75, 3.05) is 7.05 Å². The van der Waals surface area contributed by atoms with Crippen LogP contribution in [0.2, 0.25) is 10.0 Å². The van der Waals surface area contributed by atoms with E-state index in [1.54, 1.807) is 6.07 Å². The Balaban J connectivity index is 1.69. The molecule has 2 fully saturated rings. The highest BCUT2D eigenvalue weighted by Crippen LogP contribution is 2.35. The van der Waals surface area contributed by atoms with E-state index in [0.717, 1.165) is 18.6 Å². The molecule has 0 aliphatic carbocycles. The highest BCUT2D eigenvalue weighted by molar-refractivity contribution is 6.42. The van der Waals surface area contributed by atoms with Gasteiger partial charge in [-0.25, -0.2) is 0 Å². The van der Waals surface area contributed by atoms with Gasteiger partial charge in [-0.1, -0.05) is 29.6 Å². The average Bonchev–Trinajstić information content (AvgIpc) is 2.35. The minimum absolute atomic E-state index is 0.309. The second-order valence-corrected chi connectivity index (χ2v) is 6.51. The predicted molar refractivity (Wildman–Crippen MR) is 79.3 cm³/mol. The molecular formula is C15H19Cl2NO. The summed E-state index contributed by atoms with van der Waals surface area (Å²) in [5.41, 5.74) is 0. The Morgan fingerprint density at radius 3 is 2.42 bits per heavy atom. The minimum Gasteiger partial charge on any atom is -0.490 e. The molecule has 19 heavy (non-hydrogen) atoms. The summed E-state index contributed by atoms with van der Waals surface area (Å²) in [5.74, 6) is 0.835. The van der Waals surface area contributed by atoms with Crippen molar-refractivity contribution in [2.45, 2.75) is 50.3 Å². The Morgan fingerprint density at radius 1 is 1.11 bits per heavy atom. The predicted octanol–water partition coefficient (Wildman–Crippen LogP) is 4.39. The van der Waals surface area contributed by atoms with Gasteiger partial charge >= 0.3 is 0 Å². The molecule has 0 amide bonds. The van der Waals surface area contributed by atoms with E-state index in [0.29, 0.717) is 28.2 Å². The van der Waals surface area contributed by atoms with Gasteiger partial charge in [0.15, 0.2) is 0 Å². The summed E-state index contributed by atoms with van der Waals surface area (Å²) in [6.07, 6.45) is 6.51. The molecule has 2 saturated heterocycles. The number of halogens is 2. The summed E-state index contributed by atoms with van der Waals surface area (Å²) in [5, 5.41) is 1.14. The maximum atomic E-state index is 6.11. The summed E-state index contributed by atoms with van der Waals surface area (Å²) in [6, 6.07) is 6.88. The van der Waals surface area contributed by atoms with Gasteiger partial charge in [0.1, 0.15) is 11.9 Å². The van der Waals surface area contributed by atoms with Crippen molar-refractivity contribution >= 4 is 23.2 Å². The summed E-state index contributed by atoms with van der Waals surface area (Å²) < 4.78 is 6.11. The van der Waals surface area contributed by atoms with Crippen LogP contribution in [0.3, 0.4) is 0 Å². The summed E-state index contributed by atoms with van der Waals surface area (Å²) in [4.78, 5) is 2.54. The second kappa shape index (κ2) is 5.51. The number of piperidine rings is 2. The first-order valence-electron chi connectivity index (χ1n) is 6.97. The van der Waals surface area contributed by atoms with Crippen LogP contribution in [0, 0.1) is 0 Å². The quantitative estimate of drug-likeness (QED) is 0.803. The lowest BCUT2D eigenvalue weighted by Gasteiger charge is -2.46. The van der Waals surface area contributed by atoms with Gasteiger partial charge < -0.3 is 9.64 Å². The number of ether oxygens (including phenoxy) is 1. The van der Waals surface area contributed by atoms with Crippen LogP contribution < -0.4 is 4.74 Å². The Hall–Kier alpha value is -0.440. The highest BCUT2D eigenvalue weighted by atomic mass is 35.5. The van der Waals surface area contributed by atoms with Gasteiger partial charge in [0.2, 0.25) is 0 Å². The summed E-state index contributed by atoms with van der Waals surface area (Å²) in [6.45, 7) is 0. The van der Waals surface area contributed by atoms with Crippen molar-refractivity contribution in [3.63, 3.8) is 0 Å². The molecule has 1 unspecified atom stereocenters. The Labute approximate surface area is 124 Å². The van der Waals surface area contributed by atoms with Gasteiger partial charge in [-0.15, -0.1) is 0 Å². The van der Waals surface area contributed by atoms with Crippen molar-refractivity contribution in [1.82, 2.24) is 4.90 Å². The van der Waals surface area contributed by atoms with E-state index >= 15 is 0 Å². The first-order valence-corrected chi connectivity index (χ1v) is 7.72. The zero-order valence-electron chi connectivity index (χ0n) is 11.1. The smallest absolute Gasteiger partial charge is 0.121 e. The van der Waals surface area contributed by atoms with Crippen molar-refractivity contribution in [1.29, 1.82) is 0 Å². The molecule has 0 radical (unpaired) electrons. The van der Waals surface area contributed by atoms with Crippen LogP contribution in [-0.2, 0) is 0 Å². The number of benzene rings is 1. The van der Waals surface area contributed by atoms with Crippen LogP contribution in [-0.4, -0.2) is 30.1 Å². The highest BCUT2D eigenvalue weighted by Gasteiger charge is 2.36. The fourth-order valence-electron chi connectivity index (χ4n) is 3.40. The lowest BCUT2D eigenvalue weighted by atomic mass is 9.83. The van der Waals surface area contributed by atoms with Crippen LogP contribution in [0.4, 0.5) is 0 Å². The van der Waals surface area contributed by atoms with Crippen molar-refractivity contribution in [2.24, 2.45) is 0 Å². The first-order chi connectivity index (χ1) is 9.13. The zero-order valence-corrected chi connectivity index (χ0v) is 12.6. The van der Waals surface area contributed by atoms with Crippen molar-refractivity contribution in [3.05, 3.63) is 28.2 Å². The molecule has 3 atom stereocenters. The van der Waals surface area contributed by atoms with E-state index in [1.165, 1.54) is 19.3 Å². The first kappa shape index (κ1) is 13.5. The average molecular weight is 300 g/mol. The summed E-state index contributed by atoms with van der Waals surface area (Å²) >= 11 is 12.0. The minimum atomic E-state index is 0.309. The molecule has 0 aromatic heterocycles. The van der Waals surface area contributed by atoms with Gasteiger partial charge in [-0.2, -0.15) is 0 Å². The van der Waals surface area contributed by atoms with E-state index < -0.39 is 0 Å². The molecule has 2 heterocycles. The van der Waals surface area contributed by atoms with Gasteiger partial charge in [-0.3, -0.25) is 0 Å². The lowest BCUT2D eigenvalue weighted by Crippen LogP contribution is -2.52. The number of hydrogen-bond donors (Lipinski definition) is 0. The third kappa shape index (κ3) is 2.86. The van der Waals surface area contributed by atoms with E-state index in [2.05, 4.69) is 11.9 Å². The lowest BCUT2D eigenvalue weighted by molar-refractivity contribution is 0.000146. The zero-order chi connectivity index (χ0) is 13.4. The fraction of sp³-hybridized carbons (Fsp3) is 0.600. The van der Waals surface area contributed by atoms with Crippen LogP contribution >= 0.6 is 23.2 Å². The Kier molecular flexibility index (Phi) is 3.93. The number of rotatable bonds is 2. The SMILES string of the molecule is CN1[C@@H]2CCC[C@H]1CC(Oc1ccc(Cl)c(Cl)c1)C2. The maximum Gasteiger partial charge on any atom is 0.121 e. The third-order valence-corrected chi connectivity index (χ3v) is 5.23. The van der Waals surface area contributed by atoms with Crippen LogP contribution in [0.25, 0.3) is 0 Å². The van der Waals surface area contributed by atoms with E-state index in [1.807, 2.05) is 12.1 Å². The Morgan fingerprint density at radius 2 is 1.79 bits per heavy atom. The van der Waals surface area contributed by atoms with Gasteiger partial charge in [0, 0.05) is 18.2 Å². The fourth-order valence-corrected chi connectivity index (χ4v) is 3.69. The van der Waals surface area contributed by atoms with Gasteiger partial charge in [0.25, 0.3) is 0 Å². The van der Waals surface area contributed by atoms with Crippen molar-refractivity contribution in [3.8, 4) is 5.75 Å². The molecule has 104 valence electrons. The topological polar surface area (TPSA) is 12.5 Å². The molecule has 4 heteroatoms. The van der Waals surface area contributed by atoms with Crippen LogP contribution in [0.5, 0.6) is 5.75 Å². The molecule has 0 spiro atoms. The summed E-state index contributed by atoms with van der Waals surface area (Å²) in [7, 11) is 2.25. The molecular weight excluding hydrogens is 281 g/mol. The molecule has 1 aromatic carbocycles. The molecule has 3 rings (SSSR count). The van der Waals surface area contributed by atoms with Crippen LogP contribution in [0.1, 0.15) is 32.1 Å².